The molecule has 0 saturated carbocycles. The minimum absolute atomic E-state index is 0.0146. The maximum Gasteiger partial charge on any atom is 0.273 e. The number of nitrogen functional groups attached to an aromatic ring is 1. The maximum absolute atomic E-state index is 14.1. The zero-order valence-corrected chi connectivity index (χ0v) is 21.9. The number of amides is 3. The molecule has 2 heterocycles. The molecular formula is C27H27N5O5S. The van der Waals surface area contributed by atoms with Crippen LogP contribution in [0.5, 0.6) is 5.75 Å². The number of hydrogen-bond acceptors (Lipinski definition) is 8. The molecule has 4 rings (SSSR count). The number of carbonyl (C=O) groups excluding carboxylic acids is 3. The predicted molar refractivity (Wildman–Crippen MR) is 144 cm³/mol. The molecule has 2 aromatic heterocycles. The van der Waals surface area contributed by atoms with Crippen LogP contribution in [0.2, 0.25) is 0 Å². The number of anilines is 2. The molecule has 10 nitrogen and oxygen atoms in total. The fourth-order valence-corrected chi connectivity index (χ4v) is 4.68. The van der Waals surface area contributed by atoms with Gasteiger partial charge < -0.3 is 25.9 Å². The molecule has 0 fully saturated rings. The second kappa shape index (κ2) is 11.2. The average molecular weight is 534 g/mol. The minimum atomic E-state index is -1.20. The van der Waals surface area contributed by atoms with Gasteiger partial charge in [-0.05, 0) is 72.4 Å². The van der Waals surface area contributed by atoms with E-state index in [0.29, 0.717) is 11.4 Å². The first-order valence-electron chi connectivity index (χ1n) is 11.6. The Morgan fingerprint density at radius 1 is 1.13 bits per heavy atom. The van der Waals surface area contributed by atoms with Crippen molar-refractivity contribution in [1.29, 1.82) is 0 Å². The lowest BCUT2D eigenvalue weighted by molar-refractivity contribution is -0.123. The zero-order valence-electron chi connectivity index (χ0n) is 21.1. The summed E-state index contributed by atoms with van der Waals surface area (Å²) in [7, 11) is 1.58. The van der Waals surface area contributed by atoms with Crippen molar-refractivity contribution in [1.82, 2.24) is 9.69 Å². The van der Waals surface area contributed by atoms with Gasteiger partial charge in [-0.15, -0.1) is 0 Å². The third-order valence-corrected chi connectivity index (χ3v) is 6.79. The number of methoxy groups -OCH3 is 1. The maximum atomic E-state index is 14.1. The molecule has 0 unspecified atom stereocenters. The quantitative estimate of drug-likeness (QED) is 0.296. The lowest BCUT2D eigenvalue weighted by Crippen LogP contribution is -2.44. The van der Waals surface area contributed by atoms with Crippen LogP contribution in [0.25, 0.3) is 0 Å². The van der Waals surface area contributed by atoms with Gasteiger partial charge in [0, 0.05) is 12.2 Å². The lowest BCUT2D eigenvalue weighted by Gasteiger charge is -2.31. The topological polar surface area (TPSA) is 154 Å². The molecule has 0 saturated heterocycles. The van der Waals surface area contributed by atoms with E-state index >= 15 is 0 Å². The summed E-state index contributed by atoms with van der Waals surface area (Å²) in [4.78, 5) is 40.9. The smallest absolute Gasteiger partial charge is 0.273 e. The highest BCUT2D eigenvalue weighted by Crippen LogP contribution is 2.35. The van der Waals surface area contributed by atoms with Gasteiger partial charge in [-0.3, -0.25) is 19.3 Å². The van der Waals surface area contributed by atoms with E-state index in [4.69, 9.17) is 20.6 Å². The molecule has 3 amide bonds. The first-order chi connectivity index (χ1) is 18.2. The summed E-state index contributed by atoms with van der Waals surface area (Å²) < 4.78 is 14.8. The second-order valence-corrected chi connectivity index (χ2v) is 9.36. The number of benzene rings is 2. The van der Waals surface area contributed by atoms with Gasteiger partial charge in [-0.1, -0.05) is 24.3 Å². The summed E-state index contributed by atoms with van der Waals surface area (Å²) in [5.74, 6) is -1.02. The van der Waals surface area contributed by atoms with Gasteiger partial charge in [-0.25, -0.2) is 0 Å². The van der Waals surface area contributed by atoms with Crippen LogP contribution in [-0.4, -0.2) is 29.2 Å². The Morgan fingerprint density at radius 3 is 2.47 bits per heavy atom. The standard InChI is InChI=1S/C27H27N5O5S/c1-15-6-7-16(2)19(13-15)32(27(35)24-21(28)22(25(29)33)31-38-24)23(20-5-4-12-37-20)26(34)30-14-17-8-10-18(36-3)11-9-17/h4-13,23H,14,28H2,1-3H3,(H2,29,33)(H,30,34)/t23-/m1/s1. The van der Waals surface area contributed by atoms with Crippen molar-refractivity contribution in [2.75, 3.05) is 17.7 Å². The van der Waals surface area contributed by atoms with Crippen molar-refractivity contribution in [3.63, 3.8) is 0 Å². The van der Waals surface area contributed by atoms with Gasteiger partial charge in [0.1, 0.15) is 16.4 Å². The molecule has 0 aliphatic rings. The van der Waals surface area contributed by atoms with Crippen LogP contribution < -0.4 is 26.4 Å². The summed E-state index contributed by atoms with van der Waals surface area (Å²) in [6.45, 7) is 3.90. The summed E-state index contributed by atoms with van der Waals surface area (Å²) in [6.07, 6.45) is 1.43. The number of nitrogens with zero attached hydrogens (tertiary/aromatic N) is 2. The fraction of sp³-hybridized carbons (Fsp3) is 0.185. The number of nitrogens with one attached hydrogen (secondary N) is 1. The van der Waals surface area contributed by atoms with E-state index in [9.17, 15) is 14.4 Å². The van der Waals surface area contributed by atoms with Crippen LogP contribution in [0.4, 0.5) is 11.4 Å². The Kier molecular flexibility index (Phi) is 7.77. The second-order valence-electron chi connectivity index (χ2n) is 8.59. The van der Waals surface area contributed by atoms with Gasteiger partial charge in [0.05, 0.1) is 19.1 Å². The third kappa shape index (κ3) is 5.37. The van der Waals surface area contributed by atoms with Crippen molar-refractivity contribution >= 4 is 40.6 Å². The Morgan fingerprint density at radius 2 is 1.87 bits per heavy atom. The van der Waals surface area contributed by atoms with E-state index in [1.807, 2.05) is 38.1 Å². The summed E-state index contributed by atoms with van der Waals surface area (Å²) in [5, 5.41) is 2.90. The molecular weight excluding hydrogens is 506 g/mol. The number of hydrogen-bond donors (Lipinski definition) is 3. The Bertz CT molecular complexity index is 1460. The Labute approximate surface area is 223 Å². The molecule has 11 heteroatoms. The molecule has 38 heavy (non-hydrogen) atoms. The molecule has 0 aliphatic heterocycles. The van der Waals surface area contributed by atoms with E-state index < -0.39 is 23.8 Å². The van der Waals surface area contributed by atoms with Crippen molar-refractivity contribution in [2.45, 2.75) is 26.4 Å². The van der Waals surface area contributed by atoms with Crippen LogP contribution in [0.15, 0.2) is 65.3 Å². The first kappa shape index (κ1) is 26.4. The van der Waals surface area contributed by atoms with Gasteiger partial charge in [0.15, 0.2) is 11.7 Å². The predicted octanol–water partition coefficient (Wildman–Crippen LogP) is 3.75. The number of aromatic nitrogens is 1. The third-order valence-electron chi connectivity index (χ3n) is 5.94. The summed E-state index contributed by atoms with van der Waals surface area (Å²) >= 11 is 0.744. The van der Waals surface area contributed by atoms with E-state index in [1.165, 1.54) is 11.2 Å². The van der Waals surface area contributed by atoms with E-state index in [-0.39, 0.29) is 28.6 Å². The van der Waals surface area contributed by atoms with Crippen molar-refractivity contribution < 1.29 is 23.5 Å². The van der Waals surface area contributed by atoms with Crippen LogP contribution >= 0.6 is 11.5 Å². The van der Waals surface area contributed by atoms with E-state index in [0.717, 1.165) is 28.2 Å². The average Bonchev–Trinajstić information content (AvgIpc) is 3.57. The van der Waals surface area contributed by atoms with Crippen LogP contribution in [0.1, 0.15) is 48.7 Å². The number of primary amides is 1. The van der Waals surface area contributed by atoms with Gasteiger partial charge in [0.2, 0.25) is 0 Å². The monoisotopic (exact) mass is 533 g/mol. The van der Waals surface area contributed by atoms with Gasteiger partial charge in [0.25, 0.3) is 17.7 Å². The SMILES string of the molecule is COc1ccc(CNC(=O)[C@@H](c2ccco2)N(C(=O)c2snc(C(N)=O)c2N)c2cc(C)ccc2C)cc1. The van der Waals surface area contributed by atoms with Crippen molar-refractivity contribution in [3.8, 4) is 5.75 Å². The number of aryl methyl sites for hydroxylation is 2. The summed E-state index contributed by atoms with van der Waals surface area (Å²) in [6, 6.07) is 14.9. The van der Waals surface area contributed by atoms with E-state index in [2.05, 4.69) is 9.69 Å². The molecule has 4 aromatic rings. The number of furan rings is 1. The number of rotatable bonds is 9. The molecule has 0 aliphatic carbocycles. The highest BCUT2D eigenvalue weighted by molar-refractivity contribution is 7.09. The molecule has 0 spiro atoms. The highest BCUT2D eigenvalue weighted by atomic mass is 32.1. The van der Waals surface area contributed by atoms with Crippen LogP contribution in [0, 0.1) is 13.8 Å². The highest BCUT2D eigenvalue weighted by Gasteiger charge is 2.38. The lowest BCUT2D eigenvalue weighted by atomic mass is 10.0. The first-order valence-corrected chi connectivity index (χ1v) is 12.4. The Balaban J connectivity index is 1.78. The van der Waals surface area contributed by atoms with Gasteiger partial charge in [-0.2, -0.15) is 4.37 Å². The minimum Gasteiger partial charge on any atom is -0.497 e. The normalized spacial score (nSPS) is 11.6. The van der Waals surface area contributed by atoms with Crippen LogP contribution in [0.3, 0.4) is 0 Å². The van der Waals surface area contributed by atoms with Crippen molar-refractivity contribution in [3.05, 3.63) is 93.9 Å². The largest absolute Gasteiger partial charge is 0.497 e. The fourth-order valence-electron chi connectivity index (χ4n) is 3.93. The molecule has 2 aromatic carbocycles. The van der Waals surface area contributed by atoms with Crippen molar-refractivity contribution in [2.24, 2.45) is 5.73 Å². The molecule has 196 valence electrons. The number of nitrogens with two attached hydrogens (primary N) is 2. The summed E-state index contributed by atoms with van der Waals surface area (Å²) in [5.41, 5.74) is 14.1. The van der Waals surface area contributed by atoms with Gasteiger partial charge >= 0.3 is 0 Å². The number of carbonyl (C=O) groups is 3. The molecule has 0 bridgehead atoms. The molecule has 0 radical (unpaired) electrons. The van der Waals surface area contributed by atoms with E-state index in [1.54, 1.807) is 37.4 Å². The zero-order chi connectivity index (χ0) is 27.4. The molecule has 1 atom stereocenters. The Hall–Kier alpha value is -4.64. The number of ether oxygens (including phenoxy) is 1. The van der Waals surface area contributed by atoms with Crippen LogP contribution in [-0.2, 0) is 11.3 Å². The molecule has 5 N–H and O–H groups in total.